The number of hydrogen-bond acceptors (Lipinski definition) is 1. The molecule has 0 spiro atoms. The van der Waals surface area contributed by atoms with Crippen molar-refractivity contribution < 1.29 is 0 Å². The molecule has 2 unspecified atom stereocenters. The quantitative estimate of drug-likeness (QED) is 0.613. The Hall–Kier alpha value is -1.04. The van der Waals surface area contributed by atoms with Crippen molar-refractivity contribution in [1.29, 1.82) is 0 Å². The van der Waals surface area contributed by atoms with Gasteiger partial charge in [-0.15, -0.1) is 5.54 Å². The predicted molar refractivity (Wildman–Crippen MR) is 102 cm³/mol. The second-order valence-electron chi connectivity index (χ2n) is 9.25. The molecule has 1 aromatic carbocycles. The van der Waals surface area contributed by atoms with Crippen LogP contribution in [-0.2, 0) is 5.41 Å². The molecule has 1 nitrogen and oxygen atoms in total. The second kappa shape index (κ2) is 5.79. The van der Waals surface area contributed by atoms with E-state index in [2.05, 4.69) is 63.2 Å². The molecule has 2 aliphatic rings. The molecule has 0 aromatic heterocycles. The lowest BCUT2D eigenvalue weighted by Gasteiger charge is -2.39. The zero-order valence-corrected chi connectivity index (χ0v) is 16.4. The Morgan fingerprint density at radius 2 is 1.87 bits per heavy atom. The van der Waals surface area contributed by atoms with Gasteiger partial charge in [-0.05, 0) is 66.2 Å². The average molecular weight is 326 g/mol. The zero-order chi connectivity index (χ0) is 16.8. The predicted octanol–water partition coefficient (Wildman–Crippen LogP) is 4.81. The normalized spacial score (nSPS) is 24.3. The summed E-state index contributed by atoms with van der Waals surface area (Å²) in [4.78, 5) is 0. The molecule has 1 saturated carbocycles. The Kier molecular flexibility index (Phi) is 4.23. The maximum Gasteiger partial charge on any atom is 0.129 e. The highest BCUT2D eigenvalue weighted by molar-refractivity contribution is 6.83. The fourth-order valence-corrected chi connectivity index (χ4v) is 4.34. The third kappa shape index (κ3) is 3.73. The van der Waals surface area contributed by atoms with Crippen molar-refractivity contribution in [3.8, 4) is 11.5 Å². The molecular formula is C21H31NSi. The van der Waals surface area contributed by atoms with E-state index < -0.39 is 8.07 Å². The van der Waals surface area contributed by atoms with Gasteiger partial charge in [0.25, 0.3) is 0 Å². The topological polar surface area (TPSA) is 26.0 Å². The minimum absolute atomic E-state index is 0.242. The smallest absolute Gasteiger partial charge is 0.129 e. The number of benzene rings is 1. The van der Waals surface area contributed by atoms with Crippen LogP contribution in [0.4, 0.5) is 0 Å². The van der Waals surface area contributed by atoms with Gasteiger partial charge in [0.05, 0.1) is 0 Å². The van der Waals surface area contributed by atoms with Crippen LogP contribution < -0.4 is 5.73 Å². The Morgan fingerprint density at radius 1 is 1.17 bits per heavy atom. The van der Waals surface area contributed by atoms with Crippen molar-refractivity contribution in [3.05, 3.63) is 34.9 Å². The Balaban J connectivity index is 1.98. The molecule has 2 atom stereocenters. The molecule has 0 amide bonds. The van der Waals surface area contributed by atoms with Gasteiger partial charge in [0.15, 0.2) is 0 Å². The lowest BCUT2D eigenvalue weighted by atomic mass is 9.66. The van der Waals surface area contributed by atoms with E-state index in [1.807, 2.05) is 0 Å². The second-order valence-corrected chi connectivity index (χ2v) is 14.0. The SMILES string of the molecule is CC1(C)CCC(C(N)C2CC2)c2ccc(C#C[Si](C)(C)C)cc21. The van der Waals surface area contributed by atoms with Gasteiger partial charge in [-0.3, -0.25) is 0 Å². The first kappa shape index (κ1) is 16.8. The van der Waals surface area contributed by atoms with Gasteiger partial charge >= 0.3 is 0 Å². The van der Waals surface area contributed by atoms with Gasteiger partial charge in [0.2, 0.25) is 0 Å². The van der Waals surface area contributed by atoms with E-state index in [-0.39, 0.29) is 5.41 Å². The fourth-order valence-electron chi connectivity index (χ4n) is 3.82. The van der Waals surface area contributed by atoms with Crippen LogP contribution in [0.2, 0.25) is 19.6 Å². The number of rotatable bonds is 2. The maximum absolute atomic E-state index is 6.59. The summed E-state index contributed by atoms with van der Waals surface area (Å²) in [5.41, 5.74) is 14.5. The molecule has 2 N–H and O–H groups in total. The molecule has 2 heteroatoms. The maximum atomic E-state index is 6.59. The highest BCUT2D eigenvalue weighted by Gasteiger charge is 2.40. The van der Waals surface area contributed by atoms with Crippen LogP contribution in [0.25, 0.3) is 0 Å². The van der Waals surface area contributed by atoms with Gasteiger partial charge in [-0.2, -0.15) is 0 Å². The molecule has 1 fully saturated rings. The van der Waals surface area contributed by atoms with Crippen molar-refractivity contribution in [3.63, 3.8) is 0 Å². The fraction of sp³-hybridized carbons (Fsp3) is 0.619. The highest BCUT2D eigenvalue weighted by atomic mass is 28.3. The summed E-state index contributed by atoms with van der Waals surface area (Å²) in [5, 5.41) is 0. The first-order valence-corrected chi connectivity index (χ1v) is 12.6. The van der Waals surface area contributed by atoms with Crippen LogP contribution in [0.1, 0.15) is 62.1 Å². The van der Waals surface area contributed by atoms with Gasteiger partial charge in [0, 0.05) is 11.6 Å². The van der Waals surface area contributed by atoms with Crippen LogP contribution in [-0.4, -0.2) is 14.1 Å². The molecule has 23 heavy (non-hydrogen) atoms. The molecule has 0 radical (unpaired) electrons. The van der Waals surface area contributed by atoms with E-state index in [1.54, 1.807) is 0 Å². The van der Waals surface area contributed by atoms with Crippen molar-refractivity contribution in [2.75, 3.05) is 0 Å². The summed E-state index contributed by atoms with van der Waals surface area (Å²) in [7, 11) is -1.33. The Morgan fingerprint density at radius 3 is 2.48 bits per heavy atom. The van der Waals surface area contributed by atoms with Crippen LogP contribution in [0.5, 0.6) is 0 Å². The third-order valence-corrected chi connectivity index (χ3v) is 6.35. The van der Waals surface area contributed by atoms with Crippen molar-refractivity contribution in [1.82, 2.24) is 0 Å². The van der Waals surface area contributed by atoms with E-state index in [0.717, 1.165) is 5.92 Å². The molecule has 0 heterocycles. The standard InChI is InChI=1S/C21H31NSi/c1-21(2)12-10-18(20(22)16-7-8-16)17-9-6-15(14-19(17)21)11-13-23(3,4)5/h6,9,14,16,18,20H,7-8,10,12,22H2,1-5H3. The molecule has 0 saturated heterocycles. The van der Waals surface area contributed by atoms with E-state index in [9.17, 15) is 0 Å². The molecular weight excluding hydrogens is 294 g/mol. The van der Waals surface area contributed by atoms with Gasteiger partial charge in [-0.1, -0.05) is 45.5 Å². The summed E-state index contributed by atoms with van der Waals surface area (Å²) >= 11 is 0. The van der Waals surface area contributed by atoms with Gasteiger partial charge < -0.3 is 5.73 Å². The lowest BCUT2D eigenvalue weighted by Crippen LogP contribution is -2.37. The monoisotopic (exact) mass is 325 g/mol. The van der Waals surface area contributed by atoms with Gasteiger partial charge in [-0.25, -0.2) is 0 Å². The Bertz CT molecular complexity index is 653. The molecule has 3 rings (SSSR count). The molecule has 2 aliphatic carbocycles. The Labute approximate surface area is 143 Å². The van der Waals surface area contributed by atoms with Crippen LogP contribution in [0, 0.1) is 17.4 Å². The molecule has 0 bridgehead atoms. The zero-order valence-electron chi connectivity index (χ0n) is 15.4. The van der Waals surface area contributed by atoms with Crippen molar-refractivity contribution in [2.45, 2.75) is 76.5 Å². The van der Waals surface area contributed by atoms with Gasteiger partial charge in [0.1, 0.15) is 8.07 Å². The number of nitrogens with two attached hydrogens (primary N) is 1. The summed E-state index contributed by atoms with van der Waals surface area (Å²) in [5.74, 6) is 4.74. The van der Waals surface area contributed by atoms with Crippen molar-refractivity contribution in [2.24, 2.45) is 11.7 Å². The summed E-state index contributed by atoms with van der Waals surface area (Å²) in [6.45, 7) is 11.6. The van der Waals surface area contributed by atoms with Crippen LogP contribution >= 0.6 is 0 Å². The van der Waals surface area contributed by atoms with E-state index >= 15 is 0 Å². The summed E-state index contributed by atoms with van der Waals surface area (Å²) in [6.07, 6.45) is 5.12. The van der Waals surface area contributed by atoms with E-state index in [0.29, 0.717) is 12.0 Å². The van der Waals surface area contributed by atoms with Crippen LogP contribution in [0.3, 0.4) is 0 Å². The molecule has 0 aliphatic heterocycles. The minimum Gasteiger partial charge on any atom is -0.327 e. The first-order valence-electron chi connectivity index (χ1n) is 9.11. The molecule has 124 valence electrons. The first-order chi connectivity index (χ1) is 10.7. The minimum atomic E-state index is -1.33. The van der Waals surface area contributed by atoms with E-state index in [1.165, 1.54) is 42.4 Å². The number of hydrogen-bond donors (Lipinski definition) is 1. The average Bonchev–Trinajstić information content (AvgIpc) is 3.29. The largest absolute Gasteiger partial charge is 0.327 e. The summed E-state index contributed by atoms with van der Waals surface area (Å²) < 4.78 is 0. The number of fused-ring (bicyclic) bond motifs is 1. The van der Waals surface area contributed by atoms with Crippen molar-refractivity contribution >= 4 is 8.07 Å². The lowest BCUT2D eigenvalue weighted by molar-refractivity contribution is 0.348. The highest BCUT2D eigenvalue weighted by Crippen LogP contribution is 2.47. The van der Waals surface area contributed by atoms with E-state index in [4.69, 9.17) is 5.73 Å². The summed E-state index contributed by atoms with van der Waals surface area (Å²) in [6, 6.07) is 7.26. The van der Waals surface area contributed by atoms with Crippen LogP contribution in [0.15, 0.2) is 18.2 Å². The molecule has 1 aromatic rings. The third-order valence-electron chi connectivity index (χ3n) is 5.48.